The molecule has 150 valence electrons. The Morgan fingerprint density at radius 3 is 2.86 bits per heavy atom. The largest absolute Gasteiger partial charge is 0.457 e. The van der Waals surface area contributed by atoms with Gasteiger partial charge in [0.05, 0.1) is 6.54 Å². The zero-order chi connectivity index (χ0) is 20.1. The van der Waals surface area contributed by atoms with Crippen LogP contribution in [0.25, 0.3) is 0 Å². The maximum absolute atomic E-state index is 6.09. The molecule has 0 aliphatic carbocycles. The maximum Gasteiger partial charge on any atom is 0.191 e. The van der Waals surface area contributed by atoms with Crippen LogP contribution in [-0.4, -0.2) is 33.8 Å². The summed E-state index contributed by atoms with van der Waals surface area (Å²) in [6.07, 6.45) is 3.55. The first kappa shape index (κ1) is 19.0. The summed E-state index contributed by atoms with van der Waals surface area (Å²) in [5.74, 6) is 3.48. The molecule has 29 heavy (non-hydrogen) atoms. The van der Waals surface area contributed by atoms with E-state index in [1.54, 1.807) is 13.4 Å². The highest BCUT2D eigenvalue weighted by Crippen LogP contribution is 2.25. The second-order valence-electron chi connectivity index (χ2n) is 7.19. The molecule has 1 atom stereocenters. The number of fused-ring (bicyclic) bond motifs is 1. The van der Waals surface area contributed by atoms with Crippen LogP contribution >= 0.6 is 0 Å². The minimum absolute atomic E-state index is 0.273. The van der Waals surface area contributed by atoms with Gasteiger partial charge in [0, 0.05) is 31.6 Å². The van der Waals surface area contributed by atoms with Crippen molar-refractivity contribution in [2.45, 2.75) is 38.9 Å². The van der Waals surface area contributed by atoms with Gasteiger partial charge in [-0.05, 0) is 31.5 Å². The quantitative estimate of drug-likeness (QED) is 0.517. The summed E-state index contributed by atoms with van der Waals surface area (Å²) in [7, 11) is 1.79. The molecule has 2 heterocycles. The number of aromatic nitrogens is 3. The molecule has 0 bridgehead atoms. The molecule has 1 unspecified atom stereocenters. The molecule has 1 aliphatic rings. The average molecular weight is 390 g/mol. The van der Waals surface area contributed by atoms with Crippen molar-refractivity contribution in [3.8, 4) is 11.5 Å². The first-order valence-electron chi connectivity index (χ1n) is 9.87. The van der Waals surface area contributed by atoms with E-state index >= 15 is 0 Å². The fourth-order valence-corrected chi connectivity index (χ4v) is 3.41. The Balaban J connectivity index is 1.37. The summed E-state index contributed by atoms with van der Waals surface area (Å²) in [5.41, 5.74) is 2.28. The van der Waals surface area contributed by atoms with Gasteiger partial charge >= 0.3 is 0 Å². The van der Waals surface area contributed by atoms with Gasteiger partial charge in [0.1, 0.15) is 23.7 Å². The molecule has 7 nitrogen and oxygen atoms in total. The lowest BCUT2D eigenvalue weighted by Gasteiger charge is -2.25. The molecule has 0 radical (unpaired) electrons. The average Bonchev–Trinajstić information content (AvgIpc) is 3.21. The number of hydrogen-bond acceptors (Lipinski definition) is 4. The summed E-state index contributed by atoms with van der Waals surface area (Å²) in [6, 6.07) is 16.4. The molecule has 2 N–H and O–H groups in total. The number of ether oxygens (including phenoxy) is 1. The lowest BCUT2D eigenvalue weighted by Crippen LogP contribution is -2.46. The Bertz CT molecular complexity index is 979. The van der Waals surface area contributed by atoms with Gasteiger partial charge in [-0.15, -0.1) is 0 Å². The Labute approximate surface area is 170 Å². The van der Waals surface area contributed by atoms with Gasteiger partial charge in [-0.3, -0.25) is 4.99 Å². The number of aliphatic imine (C=N–C) groups is 1. The van der Waals surface area contributed by atoms with Gasteiger partial charge in [0.2, 0.25) is 0 Å². The van der Waals surface area contributed by atoms with E-state index in [1.165, 1.54) is 5.56 Å². The van der Waals surface area contributed by atoms with Crippen LogP contribution in [0.15, 0.2) is 59.9 Å². The van der Waals surface area contributed by atoms with Crippen LogP contribution in [0.1, 0.15) is 23.4 Å². The fraction of sp³-hybridized carbons (Fsp3) is 0.318. The van der Waals surface area contributed by atoms with E-state index in [1.807, 2.05) is 47.1 Å². The molecule has 1 aromatic heterocycles. The first-order chi connectivity index (χ1) is 14.2. The zero-order valence-corrected chi connectivity index (χ0v) is 16.8. The third-order valence-electron chi connectivity index (χ3n) is 5.04. The number of aryl methyl sites for hydroxylation is 2. The minimum Gasteiger partial charge on any atom is -0.457 e. The van der Waals surface area contributed by atoms with Crippen LogP contribution < -0.4 is 15.4 Å². The lowest BCUT2D eigenvalue weighted by atomic mass is 10.1. The Morgan fingerprint density at radius 2 is 2.03 bits per heavy atom. The van der Waals surface area contributed by atoms with Gasteiger partial charge in [0.25, 0.3) is 0 Å². The van der Waals surface area contributed by atoms with E-state index in [-0.39, 0.29) is 6.04 Å². The topological polar surface area (TPSA) is 76.4 Å². The van der Waals surface area contributed by atoms with Crippen molar-refractivity contribution >= 4 is 5.96 Å². The van der Waals surface area contributed by atoms with Gasteiger partial charge in [-0.2, -0.15) is 5.10 Å². The second-order valence-corrected chi connectivity index (χ2v) is 7.19. The van der Waals surface area contributed by atoms with Crippen molar-refractivity contribution in [2.75, 3.05) is 7.05 Å². The molecule has 0 saturated heterocycles. The minimum atomic E-state index is 0.273. The van der Waals surface area contributed by atoms with Crippen LogP contribution in [0.5, 0.6) is 11.5 Å². The highest BCUT2D eigenvalue weighted by molar-refractivity contribution is 5.80. The molecule has 2 aromatic carbocycles. The second kappa shape index (κ2) is 8.77. The van der Waals surface area contributed by atoms with Crippen molar-refractivity contribution in [2.24, 2.45) is 4.99 Å². The normalized spacial score (nSPS) is 16.2. The smallest absolute Gasteiger partial charge is 0.191 e. The molecule has 3 aromatic rings. The number of nitrogens with one attached hydrogen (secondary N) is 2. The van der Waals surface area contributed by atoms with E-state index in [2.05, 4.69) is 38.7 Å². The number of para-hydroxylation sites is 1. The predicted molar refractivity (Wildman–Crippen MR) is 113 cm³/mol. The van der Waals surface area contributed by atoms with E-state index in [0.717, 1.165) is 48.2 Å². The van der Waals surface area contributed by atoms with Crippen LogP contribution in [0, 0.1) is 6.92 Å². The van der Waals surface area contributed by atoms with Gasteiger partial charge in [-0.25, -0.2) is 9.67 Å². The van der Waals surface area contributed by atoms with Crippen molar-refractivity contribution in [1.82, 2.24) is 25.4 Å². The number of guanidine groups is 1. The van der Waals surface area contributed by atoms with Gasteiger partial charge in [-0.1, -0.05) is 35.9 Å². The van der Waals surface area contributed by atoms with Crippen molar-refractivity contribution in [3.63, 3.8) is 0 Å². The van der Waals surface area contributed by atoms with Crippen LogP contribution in [-0.2, 0) is 19.5 Å². The molecule has 0 fully saturated rings. The monoisotopic (exact) mass is 390 g/mol. The van der Waals surface area contributed by atoms with E-state index in [4.69, 9.17) is 4.74 Å². The molecule has 0 spiro atoms. The Kier molecular flexibility index (Phi) is 5.74. The van der Waals surface area contributed by atoms with E-state index in [0.29, 0.717) is 6.54 Å². The van der Waals surface area contributed by atoms with Crippen molar-refractivity contribution in [3.05, 3.63) is 71.8 Å². The van der Waals surface area contributed by atoms with Gasteiger partial charge in [0.15, 0.2) is 5.96 Å². The third kappa shape index (κ3) is 4.74. The van der Waals surface area contributed by atoms with E-state index < -0.39 is 0 Å². The number of nitrogens with zero attached hydrogens (tertiary/aromatic N) is 4. The van der Waals surface area contributed by atoms with Crippen LogP contribution in [0.2, 0.25) is 0 Å². The molecule has 0 saturated carbocycles. The molecule has 1 aliphatic heterocycles. The standard InChI is InChI=1S/C22H26N6O/c1-16-7-10-19(11-8-16)29-20-6-4-3-5-17(20)13-24-22(23-2)27-18-9-12-21-25-15-26-28(21)14-18/h3-8,10-11,15,18H,9,12-14H2,1-2H3,(H2,23,24,27). The first-order valence-corrected chi connectivity index (χ1v) is 9.87. The fourth-order valence-electron chi connectivity index (χ4n) is 3.41. The summed E-state index contributed by atoms with van der Waals surface area (Å²) < 4.78 is 8.05. The zero-order valence-electron chi connectivity index (χ0n) is 16.8. The number of hydrogen-bond donors (Lipinski definition) is 2. The highest BCUT2D eigenvalue weighted by atomic mass is 16.5. The maximum atomic E-state index is 6.09. The molecular formula is C22H26N6O. The molecule has 0 amide bonds. The van der Waals surface area contributed by atoms with E-state index in [9.17, 15) is 0 Å². The van der Waals surface area contributed by atoms with Crippen molar-refractivity contribution < 1.29 is 4.74 Å². The summed E-state index contributed by atoms with van der Waals surface area (Å²) in [4.78, 5) is 8.65. The summed E-state index contributed by atoms with van der Waals surface area (Å²) >= 11 is 0. The Hall–Kier alpha value is -3.35. The molecular weight excluding hydrogens is 364 g/mol. The van der Waals surface area contributed by atoms with Gasteiger partial charge < -0.3 is 15.4 Å². The number of rotatable bonds is 5. The predicted octanol–water partition coefficient (Wildman–Crippen LogP) is 3.06. The molecule has 4 rings (SSSR count). The van der Waals surface area contributed by atoms with Crippen LogP contribution in [0.3, 0.4) is 0 Å². The molecule has 7 heteroatoms. The van der Waals surface area contributed by atoms with Crippen molar-refractivity contribution in [1.29, 1.82) is 0 Å². The highest BCUT2D eigenvalue weighted by Gasteiger charge is 2.20. The third-order valence-corrected chi connectivity index (χ3v) is 5.04. The lowest BCUT2D eigenvalue weighted by molar-refractivity contribution is 0.392. The summed E-state index contributed by atoms with van der Waals surface area (Å²) in [5, 5.41) is 11.2. The summed E-state index contributed by atoms with van der Waals surface area (Å²) in [6.45, 7) is 3.47. The Morgan fingerprint density at radius 1 is 1.21 bits per heavy atom. The number of benzene rings is 2. The SMILES string of the molecule is CN=C(NCc1ccccc1Oc1ccc(C)cc1)NC1CCc2ncnn2C1. The van der Waals surface area contributed by atoms with Crippen LogP contribution in [0.4, 0.5) is 0 Å².